The molecule has 0 fully saturated rings. The van der Waals surface area contributed by atoms with Crippen molar-refractivity contribution in [3.05, 3.63) is 62.1 Å². The summed E-state index contributed by atoms with van der Waals surface area (Å²) in [6.45, 7) is 6.08. The van der Waals surface area contributed by atoms with Crippen LogP contribution in [0.3, 0.4) is 0 Å². The van der Waals surface area contributed by atoms with Gasteiger partial charge in [-0.1, -0.05) is 0 Å². The predicted molar refractivity (Wildman–Crippen MR) is 94.2 cm³/mol. The van der Waals surface area contributed by atoms with Crippen LogP contribution in [-0.2, 0) is 0 Å². The van der Waals surface area contributed by atoms with Gasteiger partial charge in [0, 0.05) is 34.3 Å². The van der Waals surface area contributed by atoms with Gasteiger partial charge in [-0.3, -0.25) is 15.1 Å². The minimum Gasteiger partial charge on any atom is -0.258 e. The molecule has 0 atom stereocenters. The summed E-state index contributed by atoms with van der Waals surface area (Å²) in [5, 5.41) is 11.8. The summed E-state index contributed by atoms with van der Waals surface area (Å²) in [7, 11) is 0. The number of aromatic nitrogens is 1. The number of nitro benzene ring substituents is 1. The largest absolute Gasteiger partial charge is 0.269 e. The molecule has 116 valence electrons. The second-order valence-electron chi connectivity index (χ2n) is 5.37. The summed E-state index contributed by atoms with van der Waals surface area (Å²) in [6.07, 6.45) is 1.73. The van der Waals surface area contributed by atoms with Crippen LogP contribution in [0.2, 0.25) is 0 Å². The van der Waals surface area contributed by atoms with E-state index in [1.807, 2.05) is 13.8 Å². The van der Waals surface area contributed by atoms with E-state index in [-0.39, 0.29) is 5.69 Å². The topological polar surface area (TPSA) is 68.4 Å². The van der Waals surface area contributed by atoms with Crippen molar-refractivity contribution in [2.24, 2.45) is 4.99 Å². The normalized spacial score (nSPS) is 11.4. The van der Waals surface area contributed by atoms with Gasteiger partial charge in [-0.05, 0) is 50.1 Å². The first-order chi connectivity index (χ1) is 11.0. The van der Waals surface area contributed by atoms with Gasteiger partial charge in [-0.15, -0.1) is 11.3 Å². The Hall–Kier alpha value is -2.60. The molecule has 0 amide bonds. The molecule has 0 aliphatic rings. The maximum absolute atomic E-state index is 10.7. The van der Waals surface area contributed by atoms with Crippen LogP contribution < -0.4 is 0 Å². The van der Waals surface area contributed by atoms with E-state index < -0.39 is 4.92 Å². The fraction of sp³-hybridized carbons (Fsp3) is 0.176. The summed E-state index contributed by atoms with van der Waals surface area (Å²) in [5.41, 5.74) is 3.99. The van der Waals surface area contributed by atoms with E-state index in [4.69, 9.17) is 0 Å². The molecule has 0 aliphatic heterocycles. The van der Waals surface area contributed by atoms with E-state index in [0.717, 1.165) is 37.6 Å². The quantitative estimate of drug-likeness (QED) is 0.391. The van der Waals surface area contributed by atoms with Crippen LogP contribution in [0, 0.1) is 30.9 Å². The molecule has 0 spiro atoms. The van der Waals surface area contributed by atoms with Crippen LogP contribution in [0.15, 0.2) is 35.3 Å². The molecule has 0 aliphatic carbocycles. The molecule has 23 heavy (non-hydrogen) atoms. The molecule has 0 unspecified atom stereocenters. The smallest absolute Gasteiger partial charge is 0.258 e. The number of aliphatic imine (C=N–C) groups is 1. The van der Waals surface area contributed by atoms with Crippen molar-refractivity contribution in [2.45, 2.75) is 20.8 Å². The lowest BCUT2D eigenvalue weighted by molar-refractivity contribution is -0.384. The van der Waals surface area contributed by atoms with Gasteiger partial charge in [-0.25, -0.2) is 4.98 Å². The number of nitrogens with zero attached hydrogens (tertiary/aromatic N) is 3. The molecule has 0 bridgehead atoms. The number of thiophene rings is 1. The first-order valence-electron chi connectivity index (χ1n) is 7.11. The van der Waals surface area contributed by atoms with E-state index in [1.165, 1.54) is 12.1 Å². The Morgan fingerprint density at radius 3 is 2.57 bits per heavy atom. The molecule has 0 saturated heterocycles. The van der Waals surface area contributed by atoms with Crippen molar-refractivity contribution in [1.29, 1.82) is 0 Å². The minimum absolute atomic E-state index is 0.0785. The molecule has 6 heteroatoms. The zero-order chi connectivity index (χ0) is 16.6. The molecular weight excluding hydrogens is 310 g/mol. The second kappa shape index (κ2) is 5.89. The number of hydrogen-bond acceptors (Lipinski definition) is 5. The van der Waals surface area contributed by atoms with E-state index in [2.05, 4.69) is 23.0 Å². The Kier molecular flexibility index (Phi) is 3.92. The summed E-state index contributed by atoms with van der Waals surface area (Å²) < 4.78 is 0. The molecule has 0 radical (unpaired) electrons. The number of rotatable bonds is 3. The Morgan fingerprint density at radius 1 is 1.22 bits per heavy atom. The van der Waals surface area contributed by atoms with E-state index in [0.29, 0.717) is 0 Å². The molecule has 5 nitrogen and oxygen atoms in total. The third-order valence-corrected chi connectivity index (χ3v) is 4.57. The standard InChI is InChI=1S/C17H15N3O2S/c1-10-8-11(2)19-17-15(10)16(12(3)23-17)18-9-13-4-6-14(7-5-13)20(21)22/h4-9H,1-3H3. The van der Waals surface area contributed by atoms with Crippen LogP contribution in [-0.4, -0.2) is 16.1 Å². The first kappa shape index (κ1) is 15.3. The molecule has 3 rings (SSSR count). The van der Waals surface area contributed by atoms with Gasteiger partial charge in [0.2, 0.25) is 0 Å². The molecule has 0 saturated carbocycles. The fourth-order valence-electron chi connectivity index (χ4n) is 2.51. The van der Waals surface area contributed by atoms with Crippen LogP contribution in [0.1, 0.15) is 21.7 Å². The molecule has 2 heterocycles. The molecule has 3 aromatic rings. The fourth-order valence-corrected chi connectivity index (χ4v) is 3.60. The number of nitro groups is 1. The Labute approximate surface area is 137 Å². The van der Waals surface area contributed by atoms with Gasteiger partial charge in [0.25, 0.3) is 5.69 Å². The van der Waals surface area contributed by atoms with Gasteiger partial charge in [0.15, 0.2) is 0 Å². The molecule has 0 N–H and O–H groups in total. The van der Waals surface area contributed by atoms with E-state index in [1.54, 1.807) is 29.7 Å². The van der Waals surface area contributed by atoms with E-state index >= 15 is 0 Å². The maximum Gasteiger partial charge on any atom is 0.269 e. The molecule has 2 aromatic heterocycles. The highest BCUT2D eigenvalue weighted by molar-refractivity contribution is 7.19. The SMILES string of the molecule is Cc1cc(C)c2c(N=Cc3ccc([N+](=O)[O-])cc3)c(C)sc2n1. The van der Waals surface area contributed by atoms with Gasteiger partial charge in [0.05, 0.1) is 10.6 Å². The number of hydrogen-bond donors (Lipinski definition) is 0. The number of pyridine rings is 1. The Morgan fingerprint density at radius 2 is 1.91 bits per heavy atom. The van der Waals surface area contributed by atoms with Crippen molar-refractivity contribution >= 4 is 39.1 Å². The lowest BCUT2D eigenvalue weighted by Gasteiger charge is -2.00. The van der Waals surface area contributed by atoms with Gasteiger partial charge < -0.3 is 0 Å². The van der Waals surface area contributed by atoms with Crippen molar-refractivity contribution in [3.8, 4) is 0 Å². The zero-order valence-electron chi connectivity index (χ0n) is 13.0. The first-order valence-corrected chi connectivity index (χ1v) is 7.93. The average molecular weight is 325 g/mol. The summed E-state index contributed by atoms with van der Waals surface area (Å²) >= 11 is 1.63. The Balaban J connectivity index is 2.01. The molecular formula is C17H15N3O2S. The number of non-ortho nitro benzene ring substituents is 1. The average Bonchev–Trinajstić information content (AvgIpc) is 2.81. The third kappa shape index (κ3) is 2.98. The summed E-state index contributed by atoms with van der Waals surface area (Å²) in [4.78, 5) is 21.6. The Bertz CT molecular complexity index is 927. The van der Waals surface area contributed by atoms with Crippen LogP contribution in [0.4, 0.5) is 11.4 Å². The van der Waals surface area contributed by atoms with Crippen LogP contribution in [0.25, 0.3) is 10.2 Å². The highest BCUT2D eigenvalue weighted by Crippen LogP contribution is 2.38. The predicted octanol–water partition coefficient (Wildman–Crippen LogP) is 4.88. The van der Waals surface area contributed by atoms with Crippen molar-refractivity contribution in [3.63, 3.8) is 0 Å². The van der Waals surface area contributed by atoms with Crippen LogP contribution >= 0.6 is 11.3 Å². The van der Waals surface area contributed by atoms with Gasteiger partial charge >= 0.3 is 0 Å². The highest BCUT2D eigenvalue weighted by atomic mass is 32.1. The zero-order valence-corrected chi connectivity index (χ0v) is 13.8. The van der Waals surface area contributed by atoms with Crippen molar-refractivity contribution < 1.29 is 4.92 Å². The number of aryl methyl sites for hydroxylation is 3. The van der Waals surface area contributed by atoms with Crippen molar-refractivity contribution in [2.75, 3.05) is 0 Å². The van der Waals surface area contributed by atoms with Crippen LogP contribution in [0.5, 0.6) is 0 Å². The maximum atomic E-state index is 10.7. The van der Waals surface area contributed by atoms with Gasteiger partial charge in [-0.2, -0.15) is 0 Å². The van der Waals surface area contributed by atoms with Gasteiger partial charge in [0.1, 0.15) is 4.83 Å². The number of benzene rings is 1. The summed E-state index contributed by atoms with van der Waals surface area (Å²) in [6, 6.07) is 8.41. The lowest BCUT2D eigenvalue weighted by atomic mass is 10.1. The minimum atomic E-state index is -0.408. The monoisotopic (exact) mass is 325 g/mol. The number of fused-ring (bicyclic) bond motifs is 1. The summed E-state index contributed by atoms with van der Waals surface area (Å²) in [5.74, 6) is 0. The molecule has 1 aromatic carbocycles. The lowest BCUT2D eigenvalue weighted by Crippen LogP contribution is -1.88. The highest BCUT2D eigenvalue weighted by Gasteiger charge is 2.12. The van der Waals surface area contributed by atoms with E-state index in [9.17, 15) is 10.1 Å². The third-order valence-electron chi connectivity index (χ3n) is 3.58. The van der Waals surface area contributed by atoms with Crippen molar-refractivity contribution in [1.82, 2.24) is 4.98 Å². The second-order valence-corrected chi connectivity index (χ2v) is 6.58.